The van der Waals surface area contributed by atoms with E-state index in [1.54, 1.807) is 0 Å². The SMILES string of the molecule is Cc1ccc(OCc2nnc(SCC(=O)c3ccc(C)cc3)n2-c2ccccc2Br)cc1. The number of hydrogen-bond donors (Lipinski definition) is 0. The first-order valence-corrected chi connectivity index (χ1v) is 11.9. The highest BCUT2D eigenvalue weighted by atomic mass is 79.9. The van der Waals surface area contributed by atoms with Crippen molar-refractivity contribution in [3.8, 4) is 11.4 Å². The van der Waals surface area contributed by atoms with E-state index in [0.717, 1.165) is 21.5 Å². The summed E-state index contributed by atoms with van der Waals surface area (Å²) in [6.45, 7) is 4.29. The molecule has 5 nitrogen and oxygen atoms in total. The molecule has 0 atom stereocenters. The third-order valence-electron chi connectivity index (χ3n) is 4.89. The number of ketones is 1. The summed E-state index contributed by atoms with van der Waals surface area (Å²) < 4.78 is 8.80. The van der Waals surface area contributed by atoms with Crippen LogP contribution in [0.4, 0.5) is 0 Å². The maximum absolute atomic E-state index is 12.7. The second kappa shape index (κ2) is 10.1. The second-order valence-corrected chi connectivity index (χ2v) is 9.16. The molecule has 0 unspecified atom stereocenters. The zero-order valence-corrected chi connectivity index (χ0v) is 20.2. The Hall–Kier alpha value is -2.90. The zero-order valence-electron chi connectivity index (χ0n) is 17.8. The Labute approximate surface area is 200 Å². The van der Waals surface area contributed by atoms with Crippen molar-refractivity contribution in [2.75, 3.05) is 5.75 Å². The van der Waals surface area contributed by atoms with Crippen LogP contribution in [-0.4, -0.2) is 26.3 Å². The molecule has 3 aromatic carbocycles. The maximum Gasteiger partial charge on any atom is 0.196 e. The molecule has 4 aromatic rings. The van der Waals surface area contributed by atoms with Gasteiger partial charge in [0.05, 0.1) is 11.4 Å². The summed E-state index contributed by atoms with van der Waals surface area (Å²) in [6, 6.07) is 23.3. The number of carbonyl (C=O) groups is 1. The van der Waals surface area contributed by atoms with Gasteiger partial charge in [-0.25, -0.2) is 0 Å². The van der Waals surface area contributed by atoms with E-state index in [-0.39, 0.29) is 18.1 Å². The fourth-order valence-electron chi connectivity index (χ4n) is 3.10. The molecule has 0 saturated carbocycles. The molecule has 0 bridgehead atoms. The number of benzene rings is 3. The Morgan fingerprint density at radius 2 is 1.59 bits per heavy atom. The highest BCUT2D eigenvalue weighted by Crippen LogP contribution is 2.28. The van der Waals surface area contributed by atoms with Crippen molar-refractivity contribution in [1.29, 1.82) is 0 Å². The number of thioether (sulfide) groups is 1. The fraction of sp³-hybridized carbons (Fsp3) is 0.160. The maximum atomic E-state index is 12.7. The summed E-state index contributed by atoms with van der Waals surface area (Å²) in [7, 11) is 0. The molecule has 0 aliphatic heterocycles. The normalized spacial score (nSPS) is 10.8. The van der Waals surface area contributed by atoms with Gasteiger partial charge in [0.25, 0.3) is 0 Å². The van der Waals surface area contributed by atoms with Gasteiger partial charge in [-0.2, -0.15) is 0 Å². The minimum atomic E-state index is 0.0501. The summed E-state index contributed by atoms with van der Waals surface area (Å²) in [6.07, 6.45) is 0. The second-order valence-electron chi connectivity index (χ2n) is 7.37. The molecule has 1 heterocycles. The quantitative estimate of drug-likeness (QED) is 0.210. The van der Waals surface area contributed by atoms with E-state index in [1.807, 2.05) is 91.2 Å². The first kappa shape index (κ1) is 22.3. The molecule has 4 rings (SSSR count). The Morgan fingerprint density at radius 1 is 0.938 bits per heavy atom. The van der Waals surface area contributed by atoms with Crippen molar-refractivity contribution < 1.29 is 9.53 Å². The van der Waals surface area contributed by atoms with Gasteiger partial charge in [-0.1, -0.05) is 71.4 Å². The van der Waals surface area contributed by atoms with Crippen LogP contribution in [0, 0.1) is 13.8 Å². The fourth-order valence-corrected chi connectivity index (χ4v) is 4.42. The lowest BCUT2D eigenvalue weighted by Gasteiger charge is -2.12. The topological polar surface area (TPSA) is 57.0 Å². The Balaban J connectivity index is 1.57. The Kier molecular flexibility index (Phi) is 7.07. The van der Waals surface area contributed by atoms with Crippen molar-refractivity contribution in [3.05, 3.63) is 99.8 Å². The van der Waals surface area contributed by atoms with Gasteiger partial charge < -0.3 is 4.74 Å². The predicted octanol–water partition coefficient (Wildman–Crippen LogP) is 6.20. The van der Waals surface area contributed by atoms with E-state index in [4.69, 9.17) is 4.74 Å². The zero-order chi connectivity index (χ0) is 22.5. The van der Waals surface area contributed by atoms with Crippen LogP contribution in [0.15, 0.2) is 82.4 Å². The van der Waals surface area contributed by atoms with Gasteiger partial charge in [0.15, 0.2) is 16.8 Å². The van der Waals surface area contributed by atoms with E-state index < -0.39 is 0 Å². The van der Waals surface area contributed by atoms with Gasteiger partial charge in [0, 0.05) is 10.0 Å². The van der Waals surface area contributed by atoms with Gasteiger partial charge >= 0.3 is 0 Å². The number of aryl methyl sites for hydroxylation is 2. The Morgan fingerprint density at radius 3 is 2.28 bits per heavy atom. The minimum Gasteiger partial charge on any atom is -0.486 e. The molecule has 162 valence electrons. The number of para-hydroxylation sites is 1. The number of rotatable bonds is 8. The third-order valence-corrected chi connectivity index (χ3v) is 6.49. The average Bonchev–Trinajstić information content (AvgIpc) is 3.20. The van der Waals surface area contributed by atoms with Crippen LogP contribution >= 0.6 is 27.7 Å². The lowest BCUT2D eigenvalue weighted by molar-refractivity contribution is 0.102. The molecule has 0 aliphatic rings. The van der Waals surface area contributed by atoms with E-state index >= 15 is 0 Å². The number of Topliss-reactive ketones (excluding diaryl/α,β-unsaturated/α-hetero) is 1. The van der Waals surface area contributed by atoms with E-state index in [2.05, 4.69) is 26.1 Å². The van der Waals surface area contributed by atoms with Crippen molar-refractivity contribution in [1.82, 2.24) is 14.8 Å². The van der Waals surface area contributed by atoms with Crippen LogP contribution in [0.25, 0.3) is 5.69 Å². The van der Waals surface area contributed by atoms with Crippen LogP contribution in [0.1, 0.15) is 27.3 Å². The summed E-state index contributed by atoms with van der Waals surface area (Å²) >= 11 is 4.99. The molecule has 0 saturated heterocycles. The Bertz CT molecular complexity index is 1220. The number of halogens is 1. The van der Waals surface area contributed by atoms with Gasteiger partial charge in [-0.3, -0.25) is 9.36 Å². The van der Waals surface area contributed by atoms with Crippen LogP contribution in [0.3, 0.4) is 0 Å². The number of carbonyl (C=O) groups excluding carboxylic acids is 1. The molecule has 0 amide bonds. The van der Waals surface area contributed by atoms with E-state index in [0.29, 0.717) is 16.5 Å². The third kappa shape index (κ3) is 5.29. The van der Waals surface area contributed by atoms with Crippen LogP contribution in [0.5, 0.6) is 5.75 Å². The summed E-state index contributed by atoms with van der Waals surface area (Å²) in [5.74, 6) is 1.74. The lowest BCUT2D eigenvalue weighted by Crippen LogP contribution is -2.08. The van der Waals surface area contributed by atoms with Crippen molar-refractivity contribution in [2.45, 2.75) is 25.6 Å². The van der Waals surface area contributed by atoms with E-state index in [9.17, 15) is 4.79 Å². The first-order valence-electron chi connectivity index (χ1n) is 10.1. The predicted molar refractivity (Wildman–Crippen MR) is 131 cm³/mol. The number of aromatic nitrogens is 3. The molecular formula is C25H22BrN3O2S. The van der Waals surface area contributed by atoms with Crippen LogP contribution in [-0.2, 0) is 6.61 Å². The minimum absolute atomic E-state index is 0.0501. The van der Waals surface area contributed by atoms with Gasteiger partial charge in [-0.05, 0) is 54.0 Å². The standard InChI is InChI=1S/C25H22BrN3O2S/c1-17-7-11-19(12-8-17)23(30)16-32-25-28-27-24(15-31-20-13-9-18(2)10-14-20)29(25)22-6-4-3-5-21(22)26/h3-14H,15-16H2,1-2H3. The molecular weight excluding hydrogens is 486 g/mol. The van der Waals surface area contributed by atoms with Gasteiger partial charge in [0.1, 0.15) is 12.4 Å². The molecule has 7 heteroatoms. The summed E-state index contributed by atoms with van der Waals surface area (Å²) in [4.78, 5) is 12.7. The smallest absolute Gasteiger partial charge is 0.196 e. The first-order chi connectivity index (χ1) is 15.5. The van der Waals surface area contributed by atoms with Gasteiger partial charge in [-0.15, -0.1) is 10.2 Å². The molecule has 0 N–H and O–H groups in total. The number of hydrogen-bond acceptors (Lipinski definition) is 5. The highest BCUT2D eigenvalue weighted by Gasteiger charge is 2.18. The van der Waals surface area contributed by atoms with Crippen molar-refractivity contribution in [3.63, 3.8) is 0 Å². The highest BCUT2D eigenvalue weighted by molar-refractivity contribution is 9.10. The van der Waals surface area contributed by atoms with Crippen LogP contribution < -0.4 is 4.74 Å². The summed E-state index contributed by atoms with van der Waals surface area (Å²) in [5, 5.41) is 9.36. The van der Waals surface area contributed by atoms with Crippen LogP contribution in [0.2, 0.25) is 0 Å². The molecule has 0 spiro atoms. The molecule has 32 heavy (non-hydrogen) atoms. The number of ether oxygens (including phenoxy) is 1. The molecule has 0 aliphatic carbocycles. The lowest BCUT2D eigenvalue weighted by atomic mass is 10.1. The summed E-state index contributed by atoms with van der Waals surface area (Å²) in [5.41, 5.74) is 3.88. The van der Waals surface area contributed by atoms with Gasteiger partial charge in [0.2, 0.25) is 0 Å². The number of nitrogens with zero attached hydrogens (tertiary/aromatic N) is 3. The van der Waals surface area contributed by atoms with Crippen molar-refractivity contribution in [2.24, 2.45) is 0 Å². The molecule has 1 aromatic heterocycles. The monoisotopic (exact) mass is 507 g/mol. The van der Waals surface area contributed by atoms with Crippen molar-refractivity contribution >= 4 is 33.5 Å². The molecule has 0 radical (unpaired) electrons. The average molecular weight is 508 g/mol. The van der Waals surface area contributed by atoms with E-state index in [1.165, 1.54) is 17.3 Å². The molecule has 0 fully saturated rings. The largest absolute Gasteiger partial charge is 0.486 e.